The topological polar surface area (TPSA) is 24.5 Å². The maximum atomic E-state index is 5.51. The van der Waals surface area contributed by atoms with E-state index in [1.807, 2.05) is 0 Å². The molecule has 1 aliphatic heterocycles. The molecule has 2 aliphatic carbocycles. The second-order valence-electron chi connectivity index (χ2n) is 7.47. The average Bonchev–Trinajstić information content (AvgIpc) is 3.31. The van der Waals surface area contributed by atoms with Crippen LogP contribution in [-0.2, 0) is 4.74 Å². The van der Waals surface area contributed by atoms with Crippen molar-refractivity contribution in [1.29, 1.82) is 0 Å². The molecular formula is C17H32N2O. The summed E-state index contributed by atoms with van der Waals surface area (Å²) in [4.78, 5) is 2.66. The fraction of sp³-hybridized carbons (Fsp3) is 1.00. The van der Waals surface area contributed by atoms with E-state index in [9.17, 15) is 0 Å². The molecule has 3 rings (SSSR count). The van der Waals surface area contributed by atoms with E-state index in [0.29, 0.717) is 5.41 Å². The molecule has 0 aromatic rings. The van der Waals surface area contributed by atoms with Crippen LogP contribution >= 0.6 is 0 Å². The molecule has 1 N–H and O–H groups in total. The van der Waals surface area contributed by atoms with E-state index in [-0.39, 0.29) is 0 Å². The van der Waals surface area contributed by atoms with Crippen LogP contribution in [0.1, 0.15) is 57.8 Å². The molecule has 20 heavy (non-hydrogen) atoms. The van der Waals surface area contributed by atoms with E-state index in [1.165, 1.54) is 70.9 Å². The summed E-state index contributed by atoms with van der Waals surface area (Å²) < 4.78 is 5.51. The highest BCUT2D eigenvalue weighted by atomic mass is 16.5. The van der Waals surface area contributed by atoms with E-state index in [4.69, 9.17) is 4.74 Å². The first kappa shape index (κ1) is 14.8. The van der Waals surface area contributed by atoms with Crippen molar-refractivity contribution in [2.24, 2.45) is 5.41 Å². The molecule has 2 saturated carbocycles. The van der Waals surface area contributed by atoms with Crippen LogP contribution < -0.4 is 5.32 Å². The Kier molecular flexibility index (Phi) is 5.00. The van der Waals surface area contributed by atoms with Crippen molar-refractivity contribution in [3.8, 4) is 0 Å². The van der Waals surface area contributed by atoms with Gasteiger partial charge in [0.2, 0.25) is 0 Å². The van der Waals surface area contributed by atoms with Gasteiger partial charge in [0, 0.05) is 38.4 Å². The number of hydrogen-bond donors (Lipinski definition) is 1. The number of nitrogens with one attached hydrogen (secondary N) is 1. The monoisotopic (exact) mass is 280 g/mol. The van der Waals surface area contributed by atoms with Gasteiger partial charge in [0.25, 0.3) is 0 Å². The summed E-state index contributed by atoms with van der Waals surface area (Å²) in [5.74, 6) is 0. The second kappa shape index (κ2) is 6.76. The van der Waals surface area contributed by atoms with E-state index < -0.39 is 0 Å². The lowest BCUT2D eigenvalue weighted by Gasteiger charge is -2.43. The van der Waals surface area contributed by atoms with Gasteiger partial charge in [-0.15, -0.1) is 0 Å². The van der Waals surface area contributed by atoms with Gasteiger partial charge in [-0.05, 0) is 51.0 Å². The smallest absolute Gasteiger partial charge is 0.0480 e. The molecule has 1 heterocycles. The van der Waals surface area contributed by atoms with Crippen LogP contribution in [0, 0.1) is 5.41 Å². The van der Waals surface area contributed by atoms with Gasteiger partial charge >= 0.3 is 0 Å². The van der Waals surface area contributed by atoms with E-state index in [0.717, 1.165) is 25.3 Å². The highest BCUT2D eigenvalue weighted by Gasteiger charge is 2.36. The molecule has 3 heteroatoms. The summed E-state index contributed by atoms with van der Waals surface area (Å²) in [5, 5.41) is 3.82. The molecule has 0 aromatic carbocycles. The molecule has 0 bridgehead atoms. The SMILES string of the molecule is CN(CC1(CNC2CC2)CCCCC1)C1CCOCC1. The van der Waals surface area contributed by atoms with E-state index in [2.05, 4.69) is 17.3 Å². The zero-order valence-electron chi connectivity index (χ0n) is 13.2. The molecule has 3 aliphatic rings. The van der Waals surface area contributed by atoms with Crippen LogP contribution in [0.15, 0.2) is 0 Å². The normalized spacial score (nSPS) is 27.9. The van der Waals surface area contributed by atoms with Crippen molar-refractivity contribution >= 4 is 0 Å². The summed E-state index contributed by atoms with van der Waals surface area (Å²) in [7, 11) is 2.35. The second-order valence-corrected chi connectivity index (χ2v) is 7.47. The Morgan fingerprint density at radius 1 is 1.05 bits per heavy atom. The molecule has 1 saturated heterocycles. The summed E-state index contributed by atoms with van der Waals surface area (Å²) in [6.45, 7) is 4.47. The van der Waals surface area contributed by atoms with Crippen LogP contribution in [0.5, 0.6) is 0 Å². The fourth-order valence-electron chi connectivity index (χ4n) is 4.12. The largest absolute Gasteiger partial charge is 0.381 e. The maximum absolute atomic E-state index is 5.51. The minimum atomic E-state index is 0.549. The Labute approximate surface area is 124 Å². The van der Waals surface area contributed by atoms with Crippen LogP contribution in [0.25, 0.3) is 0 Å². The minimum Gasteiger partial charge on any atom is -0.381 e. The molecule has 0 amide bonds. The summed E-state index contributed by atoms with van der Waals surface area (Å²) in [5.41, 5.74) is 0.549. The zero-order valence-corrected chi connectivity index (χ0v) is 13.2. The van der Waals surface area contributed by atoms with Crippen LogP contribution in [0.4, 0.5) is 0 Å². The van der Waals surface area contributed by atoms with Crippen molar-refractivity contribution < 1.29 is 4.74 Å². The molecule has 3 fully saturated rings. The fourth-order valence-corrected chi connectivity index (χ4v) is 4.12. The van der Waals surface area contributed by atoms with Crippen molar-refractivity contribution in [1.82, 2.24) is 10.2 Å². The molecule has 0 spiro atoms. The highest BCUT2D eigenvalue weighted by molar-refractivity contribution is 4.92. The average molecular weight is 280 g/mol. The van der Waals surface area contributed by atoms with Gasteiger partial charge in [-0.2, -0.15) is 0 Å². The Morgan fingerprint density at radius 2 is 1.75 bits per heavy atom. The molecule has 0 aromatic heterocycles. The predicted octanol–water partition coefficient (Wildman–Crippen LogP) is 2.80. The van der Waals surface area contributed by atoms with Gasteiger partial charge in [-0.1, -0.05) is 19.3 Å². The van der Waals surface area contributed by atoms with E-state index in [1.54, 1.807) is 0 Å². The van der Waals surface area contributed by atoms with Crippen molar-refractivity contribution in [3.05, 3.63) is 0 Å². The first-order valence-corrected chi connectivity index (χ1v) is 8.79. The minimum absolute atomic E-state index is 0.549. The quantitative estimate of drug-likeness (QED) is 0.810. The van der Waals surface area contributed by atoms with Crippen LogP contribution in [0.2, 0.25) is 0 Å². The highest BCUT2D eigenvalue weighted by Crippen LogP contribution is 2.38. The third-order valence-electron chi connectivity index (χ3n) is 5.66. The van der Waals surface area contributed by atoms with Crippen molar-refractivity contribution in [3.63, 3.8) is 0 Å². The van der Waals surface area contributed by atoms with Gasteiger partial charge in [-0.3, -0.25) is 0 Å². The number of hydrogen-bond acceptors (Lipinski definition) is 3. The number of ether oxygens (including phenoxy) is 1. The number of nitrogens with zero attached hydrogens (tertiary/aromatic N) is 1. The van der Waals surface area contributed by atoms with Gasteiger partial charge < -0.3 is 15.0 Å². The molecule has 0 radical (unpaired) electrons. The van der Waals surface area contributed by atoms with Crippen LogP contribution in [-0.4, -0.2) is 50.3 Å². The Hall–Kier alpha value is -0.120. The Morgan fingerprint density at radius 3 is 2.40 bits per heavy atom. The van der Waals surface area contributed by atoms with Gasteiger partial charge in [0.05, 0.1) is 0 Å². The third-order valence-corrected chi connectivity index (χ3v) is 5.66. The van der Waals surface area contributed by atoms with E-state index >= 15 is 0 Å². The molecule has 0 unspecified atom stereocenters. The van der Waals surface area contributed by atoms with Gasteiger partial charge in [-0.25, -0.2) is 0 Å². The Bertz CT molecular complexity index is 291. The van der Waals surface area contributed by atoms with Crippen LogP contribution in [0.3, 0.4) is 0 Å². The Balaban J connectivity index is 1.55. The van der Waals surface area contributed by atoms with Crippen molar-refractivity contribution in [2.45, 2.75) is 69.9 Å². The lowest BCUT2D eigenvalue weighted by Crippen LogP contribution is -2.48. The first-order chi connectivity index (χ1) is 9.77. The summed E-state index contributed by atoms with van der Waals surface area (Å²) in [6, 6.07) is 1.60. The number of rotatable bonds is 6. The third kappa shape index (κ3) is 3.96. The molecule has 0 atom stereocenters. The standard InChI is InChI=1S/C17H32N2O/c1-19(16-7-11-20-12-8-16)14-17(9-3-2-4-10-17)13-18-15-5-6-15/h15-16,18H,2-14H2,1H3. The molecule has 116 valence electrons. The van der Waals surface area contributed by atoms with Crippen molar-refractivity contribution in [2.75, 3.05) is 33.4 Å². The lowest BCUT2D eigenvalue weighted by molar-refractivity contribution is 0.0194. The predicted molar refractivity (Wildman–Crippen MR) is 83.0 cm³/mol. The molecule has 3 nitrogen and oxygen atoms in total. The van der Waals surface area contributed by atoms with Gasteiger partial charge in [0.1, 0.15) is 0 Å². The first-order valence-electron chi connectivity index (χ1n) is 8.79. The molecular weight excluding hydrogens is 248 g/mol. The van der Waals surface area contributed by atoms with Gasteiger partial charge in [0.15, 0.2) is 0 Å². The lowest BCUT2D eigenvalue weighted by atomic mass is 9.73. The zero-order chi connectivity index (χ0) is 13.8. The maximum Gasteiger partial charge on any atom is 0.0480 e. The summed E-state index contributed by atoms with van der Waals surface area (Å²) in [6.07, 6.45) is 12.5. The summed E-state index contributed by atoms with van der Waals surface area (Å²) >= 11 is 0.